The highest BCUT2D eigenvalue weighted by Crippen LogP contribution is 2.50. The van der Waals surface area contributed by atoms with Crippen LogP contribution in [-0.2, 0) is 4.79 Å². The predicted octanol–water partition coefficient (Wildman–Crippen LogP) is 3.29. The zero-order valence-corrected chi connectivity index (χ0v) is 9.93. The molecule has 0 aliphatic heterocycles. The second kappa shape index (κ2) is 4.02. The summed E-state index contributed by atoms with van der Waals surface area (Å²) in [6, 6.07) is 7.94. The Balaban J connectivity index is 1.92. The maximum atomic E-state index is 11.1. The van der Waals surface area contributed by atoms with Crippen molar-refractivity contribution in [2.45, 2.75) is 25.7 Å². The highest BCUT2D eigenvalue weighted by molar-refractivity contribution is 5.70. The zero-order valence-electron chi connectivity index (χ0n) is 9.93. The summed E-state index contributed by atoms with van der Waals surface area (Å²) in [5.41, 5.74) is 1.19. The van der Waals surface area contributed by atoms with Gasteiger partial charge in [-0.15, -0.1) is 0 Å². The standard InChI is InChI=1S/C15H16O2/c1-10(16)17-15-5-3-2-4-13(15)14-9-11-6-7-12(14)8-11/h2-7,11-12,14H,8-9H2,1H3. The van der Waals surface area contributed by atoms with Crippen LogP contribution in [0.1, 0.15) is 31.2 Å². The lowest BCUT2D eigenvalue weighted by Crippen LogP contribution is -2.09. The Morgan fingerprint density at radius 3 is 2.71 bits per heavy atom. The molecule has 1 saturated carbocycles. The fourth-order valence-corrected chi connectivity index (χ4v) is 3.17. The van der Waals surface area contributed by atoms with Crippen LogP contribution in [0.25, 0.3) is 0 Å². The molecule has 3 rings (SSSR count). The van der Waals surface area contributed by atoms with E-state index in [1.165, 1.54) is 25.3 Å². The molecule has 1 aromatic carbocycles. The maximum Gasteiger partial charge on any atom is 0.308 e. The molecule has 3 unspecified atom stereocenters. The van der Waals surface area contributed by atoms with Gasteiger partial charge in [-0.1, -0.05) is 30.4 Å². The Labute approximate surface area is 101 Å². The summed E-state index contributed by atoms with van der Waals surface area (Å²) >= 11 is 0. The monoisotopic (exact) mass is 228 g/mol. The van der Waals surface area contributed by atoms with Crippen molar-refractivity contribution in [2.75, 3.05) is 0 Å². The van der Waals surface area contributed by atoms with Crippen molar-refractivity contribution in [3.8, 4) is 5.75 Å². The topological polar surface area (TPSA) is 26.3 Å². The fraction of sp³-hybridized carbons (Fsp3) is 0.400. The molecule has 1 fully saturated rings. The number of benzene rings is 1. The van der Waals surface area contributed by atoms with Crippen LogP contribution in [0, 0.1) is 11.8 Å². The number of carbonyl (C=O) groups is 1. The number of esters is 1. The van der Waals surface area contributed by atoms with Gasteiger partial charge in [0.2, 0.25) is 0 Å². The normalized spacial score (nSPS) is 29.6. The van der Waals surface area contributed by atoms with Gasteiger partial charge in [-0.05, 0) is 42.2 Å². The minimum Gasteiger partial charge on any atom is -0.426 e. The number of para-hydroxylation sites is 1. The lowest BCUT2D eigenvalue weighted by Gasteiger charge is -2.20. The Morgan fingerprint density at radius 1 is 1.24 bits per heavy atom. The molecule has 2 bridgehead atoms. The van der Waals surface area contributed by atoms with E-state index in [9.17, 15) is 4.79 Å². The number of hydrogen-bond acceptors (Lipinski definition) is 2. The number of rotatable bonds is 2. The molecule has 0 saturated heterocycles. The number of fused-ring (bicyclic) bond motifs is 2. The number of carbonyl (C=O) groups excluding carboxylic acids is 1. The van der Waals surface area contributed by atoms with Crippen molar-refractivity contribution in [2.24, 2.45) is 11.8 Å². The molecular weight excluding hydrogens is 212 g/mol. The molecule has 0 N–H and O–H groups in total. The SMILES string of the molecule is CC(=O)Oc1ccccc1C1CC2C=CC1C2. The van der Waals surface area contributed by atoms with E-state index in [0.29, 0.717) is 11.8 Å². The van der Waals surface area contributed by atoms with Gasteiger partial charge in [0.15, 0.2) is 0 Å². The van der Waals surface area contributed by atoms with Crippen LogP contribution >= 0.6 is 0 Å². The molecule has 88 valence electrons. The quantitative estimate of drug-likeness (QED) is 0.441. The van der Waals surface area contributed by atoms with Crippen molar-refractivity contribution in [1.82, 2.24) is 0 Å². The van der Waals surface area contributed by atoms with Crippen LogP contribution in [0.2, 0.25) is 0 Å². The van der Waals surface area contributed by atoms with Crippen LogP contribution in [-0.4, -0.2) is 5.97 Å². The van der Waals surface area contributed by atoms with E-state index in [-0.39, 0.29) is 5.97 Å². The van der Waals surface area contributed by atoms with Crippen LogP contribution in [0.4, 0.5) is 0 Å². The lowest BCUT2D eigenvalue weighted by molar-refractivity contribution is -0.131. The summed E-state index contributed by atoms with van der Waals surface area (Å²) in [4.78, 5) is 11.1. The van der Waals surface area contributed by atoms with Gasteiger partial charge in [-0.3, -0.25) is 4.79 Å². The smallest absolute Gasteiger partial charge is 0.308 e. The molecular formula is C15H16O2. The Morgan fingerprint density at radius 2 is 2.06 bits per heavy atom. The molecule has 2 nitrogen and oxygen atoms in total. The van der Waals surface area contributed by atoms with Crippen molar-refractivity contribution in [3.63, 3.8) is 0 Å². The second-order valence-electron chi connectivity index (χ2n) is 5.02. The van der Waals surface area contributed by atoms with Gasteiger partial charge >= 0.3 is 5.97 Å². The third-order valence-electron chi connectivity index (χ3n) is 3.85. The molecule has 0 spiro atoms. The molecule has 2 aliphatic rings. The largest absolute Gasteiger partial charge is 0.426 e. The van der Waals surface area contributed by atoms with Gasteiger partial charge in [-0.25, -0.2) is 0 Å². The lowest BCUT2D eigenvalue weighted by atomic mass is 9.86. The minimum atomic E-state index is -0.240. The average Bonchev–Trinajstić information content (AvgIpc) is 2.90. The molecule has 2 aliphatic carbocycles. The summed E-state index contributed by atoms with van der Waals surface area (Å²) in [5.74, 6) is 2.40. The number of ether oxygens (including phenoxy) is 1. The molecule has 17 heavy (non-hydrogen) atoms. The van der Waals surface area contributed by atoms with Crippen LogP contribution in [0.15, 0.2) is 36.4 Å². The second-order valence-corrected chi connectivity index (χ2v) is 5.02. The Bertz CT molecular complexity index is 476. The summed E-state index contributed by atoms with van der Waals surface area (Å²) in [5, 5.41) is 0. The first-order chi connectivity index (χ1) is 8.24. The van der Waals surface area contributed by atoms with E-state index in [1.54, 1.807) is 0 Å². The summed E-state index contributed by atoms with van der Waals surface area (Å²) < 4.78 is 5.30. The molecule has 0 amide bonds. The number of allylic oxidation sites excluding steroid dienone is 2. The molecule has 0 heterocycles. The Hall–Kier alpha value is -1.57. The highest BCUT2D eigenvalue weighted by atomic mass is 16.5. The molecule has 3 atom stereocenters. The molecule has 0 radical (unpaired) electrons. The molecule has 2 heteroatoms. The van der Waals surface area contributed by atoms with E-state index in [1.807, 2.05) is 18.2 Å². The summed E-state index contributed by atoms with van der Waals surface area (Å²) in [6.07, 6.45) is 7.11. The van der Waals surface area contributed by atoms with E-state index in [0.717, 1.165) is 11.7 Å². The highest BCUT2D eigenvalue weighted by Gasteiger charge is 2.37. The molecule has 0 aromatic heterocycles. The molecule has 1 aromatic rings. The van der Waals surface area contributed by atoms with Crippen molar-refractivity contribution in [3.05, 3.63) is 42.0 Å². The first kappa shape index (κ1) is 10.6. The van der Waals surface area contributed by atoms with Gasteiger partial charge in [-0.2, -0.15) is 0 Å². The zero-order chi connectivity index (χ0) is 11.8. The van der Waals surface area contributed by atoms with Crippen molar-refractivity contribution < 1.29 is 9.53 Å². The first-order valence-corrected chi connectivity index (χ1v) is 6.19. The van der Waals surface area contributed by atoms with Gasteiger partial charge in [0, 0.05) is 6.92 Å². The fourth-order valence-electron chi connectivity index (χ4n) is 3.17. The summed E-state index contributed by atoms with van der Waals surface area (Å²) in [7, 11) is 0. The van der Waals surface area contributed by atoms with Crippen LogP contribution in [0.3, 0.4) is 0 Å². The van der Waals surface area contributed by atoms with Gasteiger partial charge in [0.05, 0.1) is 0 Å². The maximum absolute atomic E-state index is 11.1. The third kappa shape index (κ3) is 1.88. The van der Waals surface area contributed by atoms with E-state index >= 15 is 0 Å². The van der Waals surface area contributed by atoms with Gasteiger partial charge in [0.25, 0.3) is 0 Å². The third-order valence-corrected chi connectivity index (χ3v) is 3.85. The first-order valence-electron chi connectivity index (χ1n) is 6.19. The van der Waals surface area contributed by atoms with E-state index in [2.05, 4.69) is 18.2 Å². The minimum absolute atomic E-state index is 0.240. The predicted molar refractivity (Wildman–Crippen MR) is 65.8 cm³/mol. The van der Waals surface area contributed by atoms with E-state index in [4.69, 9.17) is 4.74 Å². The van der Waals surface area contributed by atoms with Crippen molar-refractivity contribution in [1.29, 1.82) is 0 Å². The van der Waals surface area contributed by atoms with Crippen molar-refractivity contribution >= 4 is 5.97 Å². The summed E-state index contributed by atoms with van der Waals surface area (Å²) in [6.45, 7) is 1.46. The Kier molecular flexibility index (Phi) is 2.50. The average molecular weight is 228 g/mol. The van der Waals surface area contributed by atoms with Gasteiger partial charge < -0.3 is 4.74 Å². The van der Waals surface area contributed by atoms with E-state index < -0.39 is 0 Å². The van der Waals surface area contributed by atoms with Gasteiger partial charge in [0.1, 0.15) is 5.75 Å². The van der Waals surface area contributed by atoms with Crippen LogP contribution < -0.4 is 4.74 Å². The van der Waals surface area contributed by atoms with Crippen LogP contribution in [0.5, 0.6) is 5.75 Å². The number of hydrogen-bond donors (Lipinski definition) is 0.